The quantitative estimate of drug-likeness (QED) is 0.0128. The van der Waals surface area contributed by atoms with E-state index in [9.17, 15) is 51.5 Å². The molecule has 2 bridgehead atoms. The van der Waals surface area contributed by atoms with Crippen LogP contribution in [0.3, 0.4) is 0 Å². The number of esters is 1. The van der Waals surface area contributed by atoms with Crippen LogP contribution in [-0.4, -0.2) is 165 Å². The van der Waals surface area contributed by atoms with Gasteiger partial charge in [0.25, 0.3) is 0 Å². The van der Waals surface area contributed by atoms with Crippen molar-refractivity contribution in [1.82, 2.24) is 99.8 Å². The number of anilines is 4. The number of hydrogen-bond donors (Lipinski definition) is 6. The molecule has 12 aromatic rings. The number of ketones is 1. The Bertz CT molecular complexity index is 5980. The van der Waals surface area contributed by atoms with Gasteiger partial charge in [-0.2, -0.15) is 5.26 Å². The summed E-state index contributed by atoms with van der Waals surface area (Å²) in [7, 11) is 7.33. The fourth-order valence-electron chi connectivity index (χ4n) is 12.3. The molecule has 0 aliphatic heterocycles. The zero-order valence-corrected chi connectivity index (χ0v) is 72.8. The molecule has 126 heavy (non-hydrogen) atoms. The summed E-state index contributed by atoms with van der Waals surface area (Å²) in [4.78, 5) is 125. The first-order valence-electron chi connectivity index (χ1n) is 36.2. The number of amides is 4. The van der Waals surface area contributed by atoms with Gasteiger partial charge >= 0.3 is 42.3 Å². The zero-order valence-electron chi connectivity index (χ0n) is 66.6. The monoisotopic (exact) mass is 1940 g/mol. The molecule has 50 heteroatoms. The Morgan fingerprint density at radius 2 is 0.754 bits per heavy atom. The number of aromatic nitrogens is 20. The van der Waals surface area contributed by atoms with Crippen molar-refractivity contribution < 1.29 is 89.8 Å². The molecule has 40 nitrogen and oxygen atoms in total. The number of nitrogens with one attached hydrogen (secondary N) is 4. The van der Waals surface area contributed by atoms with Crippen LogP contribution in [0, 0.1) is 45.4 Å². The number of ether oxygens (including phenoxy) is 5. The van der Waals surface area contributed by atoms with Gasteiger partial charge in [-0.3, -0.25) is 41.0 Å². The van der Waals surface area contributed by atoms with Crippen molar-refractivity contribution >= 4 is 150 Å². The molecule has 3 aliphatic rings. The molecular weight excluding hydrogens is 1880 g/mol. The molecule has 3 saturated carbocycles. The highest BCUT2D eigenvalue weighted by atomic mass is 79.9. The van der Waals surface area contributed by atoms with Crippen molar-refractivity contribution in [2.75, 3.05) is 28.4 Å². The molecule has 3 fully saturated rings. The summed E-state index contributed by atoms with van der Waals surface area (Å²) in [6.07, 6.45) is 7.09. The van der Waals surface area contributed by atoms with Crippen LogP contribution in [0.1, 0.15) is 141 Å². The smallest absolute Gasteiger partial charge is 0.413 e. The van der Waals surface area contributed by atoms with Gasteiger partial charge in [0.1, 0.15) is 66.7 Å². The number of carboxylic acids is 2. The number of methoxy groups -OCH3 is 1. The summed E-state index contributed by atoms with van der Waals surface area (Å²) >= 11 is 30.0. The molecule has 12 aromatic heterocycles. The van der Waals surface area contributed by atoms with Crippen LogP contribution >= 0.6 is 78.3 Å². The van der Waals surface area contributed by atoms with Gasteiger partial charge in [0.2, 0.25) is 0 Å². The second-order valence-electron chi connectivity index (χ2n) is 27.1. The van der Waals surface area contributed by atoms with Gasteiger partial charge in [-0.1, -0.05) is 91.5 Å². The molecule has 6 N–H and O–H groups in total. The number of carbonyl (C=O) groups is 8. The van der Waals surface area contributed by atoms with Crippen molar-refractivity contribution in [1.29, 1.82) is 5.26 Å². The van der Waals surface area contributed by atoms with E-state index in [1.807, 2.05) is 0 Å². The average molecular weight is 1950 g/mol. The summed E-state index contributed by atoms with van der Waals surface area (Å²) in [6.45, 7) is 6.56. The maximum atomic E-state index is 15.1. The average Bonchev–Trinajstić information content (AvgIpc) is 1.25. The van der Waals surface area contributed by atoms with Crippen LogP contribution in [0.5, 0.6) is 0 Å². The minimum atomic E-state index is -1.33. The van der Waals surface area contributed by atoms with E-state index in [1.54, 1.807) is 89.5 Å². The van der Waals surface area contributed by atoms with Crippen LogP contribution in [0.2, 0.25) is 20.6 Å². The van der Waals surface area contributed by atoms with Gasteiger partial charge in [-0.25, -0.2) is 94.8 Å². The molecule has 4 atom stereocenters. The molecule has 4 amide bonds. The van der Waals surface area contributed by atoms with E-state index in [1.165, 1.54) is 78.0 Å². The number of carbonyl (C=O) groups excluding carboxylic acids is 6. The van der Waals surface area contributed by atoms with E-state index >= 15 is 4.39 Å². The first-order valence-corrected chi connectivity index (χ1v) is 39.3. The highest BCUT2D eigenvalue weighted by molar-refractivity contribution is 9.10. The first-order chi connectivity index (χ1) is 59.8. The lowest BCUT2D eigenvalue weighted by atomic mass is 9.34. The standard InChI is InChI=1S/C24H21ClFN7O3.2C17H14ClFN6O4.C11H11BrClN5O2.C7H5BrFNO2/c1-13(15-4-3-5-28-20(15)25)36-22(35)30-21-19(31-32-33(21)2)18-16(26)6-14(8-29-18)17(34)7-23-9-24(10-23,11-23)12-27;2*1-8(10-4-3-5-20-14(10)18)29-17(28)22-15-13(23-24-25(15)2)12-11(19)6-9(7-21-12)16(26)27;1-6(7-4-3-5-14-9(7)13)20-11(19)15-10-8(12)16-17-18(10)2;1-12-7(11)4-2-5(9)6(8)10-3-4/h3-6,8,13H,7,9-11H2,1-2H3,(H,30,35);2*3-8H,1-2H3,(H,22,28)(H,26,27);3-6H,1-2H3,(H,15,19);2-3H,1H3/t13-,23?,24?;2*8-;6-;/m1111./s1. The molecule has 0 unspecified atom stereocenters. The lowest BCUT2D eigenvalue weighted by Crippen LogP contribution is -2.61. The maximum Gasteiger partial charge on any atom is 0.413 e. The van der Waals surface area contributed by atoms with Crippen LogP contribution in [0.15, 0.2) is 132 Å². The van der Waals surface area contributed by atoms with Gasteiger partial charge in [0, 0.05) is 112 Å². The van der Waals surface area contributed by atoms with Crippen molar-refractivity contribution in [3.05, 3.63) is 220 Å². The van der Waals surface area contributed by atoms with Gasteiger partial charge in [0.05, 0.1) is 35.3 Å². The number of halogens is 10. The summed E-state index contributed by atoms with van der Waals surface area (Å²) in [5.41, 5.74) is 0.421. The second-order valence-corrected chi connectivity index (χ2v) is 30.0. The highest BCUT2D eigenvalue weighted by Gasteiger charge is 2.68. The van der Waals surface area contributed by atoms with Gasteiger partial charge in [0.15, 0.2) is 74.0 Å². The third kappa shape index (κ3) is 23.2. The highest BCUT2D eigenvalue weighted by Crippen LogP contribution is 2.74. The number of aromatic carboxylic acids is 2. The maximum absolute atomic E-state index is 15.1. The van der Waals surface area contributed by atoms with Gasteiger partial charge in [-0.15, -0.1) is 20.4 Å². The van der Waals surface area contributed by atoms with Crippen LogP contribution < -0.4 is 21.3 Å². The van der Waals surface area contributed by atoms with E-state index in [0.29, 0.717) is 57.1 Å². The van der Waals surface area contributed by atoms with Crippen molar-refractivity contribution in [3.63, 3.8) is 0 Å². The fraction of sp³-hybridized carbons (Fsp3) is 0.250. The summed E-state index contributed by atoms with van der Waals surface area (Å²) in [5, 5.41) is 68.1. The second kappa shape index (κ2) is 41.6. The number of Topliss-reactive ketones (excluding diaryl/α,β-unsaturated/α-hetero) is 1. The Labute approximate surface area is 745 Å². The third-order valence-electron chi connectivity index (χ3n) is 18.3. The lowest BCUT2D eigenvalue weighted by Gasteiger charge is -2.67. The van der Waals surface area contributed by atoms with Crippen molar-refractivity contribution in [3.8, 4) is 40.2 Å². The Morgan fingerprint density at radius 1 is 0.452 bits per heavy atom. The summed E-state index contributed by atoms with van der Waals surface area (Å²) in [6, 6.07) is 19.5. The molecular formula is C76H65Br2Cl4F4N25O15. The largest absolute Gasteiger partial charge is 0.478 e. The number of rotatable bonds is 21. The summed E-state index contributed by atoms with van der Waals surface area (Å²) in [5.74, 6) is -6.23. The Hall–Kier alpha value is -13.8. The zero-order chi connectivity index (χ0) is 91.8. The van der Waals surface area contributed by atoms with Crippen molar-refractivity contribution in [2.45, 2.75) is 77.8 Å². The van der Waals surface area contributed by atoms with Crippen LogP contribution in [-0.2, 0) is 51.9 Å². The van der Waals surface area contributed by atoms with Crippen molar-refractivity contribution in [2.24, 2.45) is 39.0 Å². The predicted molar refractivity (Wildman–Crippen MR) is 443 cm³/mol. The normalized spacial score (nSPS) is 14.7. The van der Waals surface area contributed by atoms with Crippen LogP contribution in [0.25, 0.3) is 34.2 Å². The Morgan fingerprint density at radius 3 is 1.05 bits per heavy atom. The Balaban J connectivity index is 0.000000170. The van der Waals surface area contributed by atoms with Crippen LogP contribution in [0.4, 0.5) is 60.0 Å². The third-order valence-corrected chi connectivity index (χ3v) is 20.7. The predicted octanol–water partition coefficient (Wildman–Crippen LogP) is 15.5. The molecule has 15 rings (SSSR count). The lowest BCUT2D eigenvalue weighted by molar-refractivity contribution is -0.159. The molecule has 0 spiro atoms. The van der Waals surface area contributed by atoms with E-state index in [-0.39, 0.29) is 117 Å². The molecule has 12 heterocycles. The van der Waals surface area contributed by atoms with E-state index in [0.717, 1.165) is 36.7 Å². The SMILES string of the molecule is COC(=O)c1cnc(Br)c(F)c1.C[C@@H](OC(=O)Nc1c(-c2ncc(C(=O)CC34CC(C#N)(C3)C4)cc2F)nnn1C)c1cccnc1Cl.C[C@@H](OC(=O)Nc1c(-c2ncc(C(=O)O)cc2F)nnn1C)c1cccnc1Cl.C[C@@H](OC(=O)Nc1c(-c2ncc(C(=O)O)cc2F)nnn1C)c1cccnc1Cl.C[C@@H](OC(=O)Nc1c(Br)nnn1C)c1cccnc1Cl. The number of pyridine rings is 8. The first kappa shape index (κ1) is 94.5. The number of hydrogen-bond acceptors (Lipinski definition) is 30. The number of carboxylic acid groups (broad SMARTS) is 2. The topological polar surface area (TPSA) is 521 Å². The molecule has 654 valence electrons. The molecule has 0 radical (unpaired) electrons. The number of nitrogens with zero attached hydrogens (tertiary/aromatic N) is 21. The van der Waals surface area contributed by atoms with Gasteiger partial charge < -0.3 is 33.9 Å². The van der Waals surface area contributed by atoms with Gasteiger partial charge in [-0.05, 0) is 133 Å². The number of aryl methyl sites for hydroxylation is 4. The van der Waals surface area contributed by atoms with E-state index < -0.39 is 90.0 Å². The van der Waals surface area contributed by atoms with E-state index in [4.69, 9.17) is 80.8 Å². The number of nitriles is 1. The minimum Gasteiger partial charge on any atom is -0.478 e. The minimum absolute atomic E-state index is 0.00830. The summed E-state index contributed by atoms with van der Waals surface area (Å²) < 4.78 is 87.5. The molecule has 0 saturated heterocycles. The van der Waals surface area contributed by atoms with E-state index in [2.05, 4.69) is 145 Å². The Kier molecular flexibility index (Phi) is 31.2. The molecule has 0 aromatic carbocycles. The fourth-order valence-corrected chi connectivity index (χ4v) is 14.0. The molecule has 3 aliphatic carbocycles.